The van der Waals surface area contributed by atoms with Crippen molar-refractivity contribution in [2.75, 3.05) is 7.11 Å². The topological polar surface area (TPSA) is 9.23 Å². The molecule has 0 radical (unpaired) electrons. The summed E-state index contributed by atoms with van der Waals surface area (Å²) in [6.45, 7) is 4.69. The Balaban J connectivity index is 0.000000561. The lowest BCUT2D eigenvalue weighted by Crippen LogP contribution is -1.85. The van der Waals surface area contributed by atoms with E-state index in [9.17, 15) is 0 Å². The summed E-state index contributed by atoms with van der Waals surface area (Å²) in [5.41, 5.74) is 1.20. The zero-order chi connectivity index (χ0) is 9.40. The van der Waals surface area contributed by atoms with Gasteiger partial charge in [-0.25, -0.2) is 0 Å². The normalized spacial score (nSPS) is 8.67. The molecule has 0 aliphatic carbocycles. The van der Waals surface area contributed by atoms with E-state index in [-0.39, 0.29) is 0 Å². The summed E-state index contributed by atoms with van der Waals surface area (Å²) in [7, 11) is 1.70. The maximum atomic E-state index is 4.95. The molecule has 0 spiro atoms. The van der Waals surface area contributed by atoms with Gasteiger partial charge in [-0.3, -0.25) is 0 Å². The molecule has 0 aliphatic heterocycles. The van der Waals surface area contributed by atoms with E-state index in [1.807, 2.05) is 38.1 Å². The fourth-order valence-corrected chi connectivity index (χ4v) is 1.01. The zero-order valence-corrected chi connectivity index (χ0v) is 9.39. The molecule has 0 unspecified atom stereocenters. The highest BCUT2D eigenvalue weighted by molar-refractivity contribution is 9.10. The highest BCUT2D eigenvalue weighted by Crippen LogP contribution is 2.10. The first-order chi connectivity index (χ1) is 5.83. The van der Waals surface area contributed by atoms with Crippen molar-refractivity contribution in [3.63, 3.8) is 0 Å². The lowest BCUT2D eigenvalue weighted by molar-refractivity contribution is 0.185. The summed E-state index contributed by atoms with van der Waals surface area (Å²) in [6.07, 6.45) is 0. The number of ether oxygens (including phenoxy) is 1. The average molecular weight is 231 g/mol. The molecule has 1 rings (SSSR count). The van der Waals surface area contributed by atoms with Crippen LogP contribution >= 0.6 is 15.9 Å². The summed E-state index contributed by atoms with van der Waals surface area (Å²) >= 11 is 3.36. The van der Waals surface area contributed by atoms with Crippen LogP contribution in [0.4, 0.5) is 0 Å². The lowest BCUT2D eigenvalue weighted by Gasteiger charge is -1.97. The highest BCUT2D eigenvalue weighted by Gasteiger charge is 1.89. The molecular weight excluding hydrogens is 216 g/mol. The van der Waals surface area contributed by atoms with Crippen LogP contribution in [-0.2, 0) is 11.3 Å². The Bertz CT molecular complexity index is 193. The molecule has 0 bridgehead atoms. The number of hydrogen-bond acceptors (Lipinski definition) is 1. The van der Waals surface area contributed by atoms with E-state index in [1.54, 1.807) is 7.11 Å². The summed E-state index contributed by atoms with van der Waals surface area (Å²) in [6, 6.07) is 8.09. The molecule has 0 saturated heterocycles. The third-order valence-corrected chi connectivity index (χ3v) is 1.75. The van der Waals surface area contributed by atoms with Crippen molar-refractivity contribution < 1.29 is 4.74 Å². The van der Waals surface area contributed by atoms with Gasteiger partial charge in [0.05, 0.1) is 6.61 Å². The van der Waals surface area contributed by atoms with Crippen LogP contribution in [0.2, 0.25) is 0 Å². The number of halogens is 1. The Morgan fingerprint density at radius 2 is 1.67 bits per heavy atom. The van der Waals surface area contributed by atoms with Crippen LogP contribution in [0, 0.1) is 0 Å². The number of rotatable bonds is 2. The van der Waals surface area contributed by atoms with Crippen LogP contribution in [0.25, 0.3) is 0 Å². The molecule has 0 atom stereocenters. The predicted molar refractivity (Wildman–Crippen MR) is 56.2 cm³/mol. The van der Waals surface area contributed by atoms with Gasteiger partial charge in [0.15, 0.2) is 0 Å². The average Bonchev–Trinajstić information content (AvgIpc) is 2.13. The monoisotopic (exact) mass is 230 g/mol. The lowest BCUT2D eigenvalue weighted by atomic mass is 10.2. The molecule has 0 amide bonds. The van der Waals surface area contributed by atoms with Gasteiger partial charge in [-0.05, 0) is 17.7 Å². The molecule has 1 nitrogen and oxygen atoms in total. The Kier molecular flexibility index (Phi) is 7.11. The first kappa shape index (κ1) is 11.7. The van der Waals surface area contributed by atoms with E-state index in [2.05, 4.69) is 15.9 Å². The molecule has 0 aromatic heterocycles. The molecule has 0 heterocycles. The van der Waals surface area contributed by atoms with Crippen LogP contribution < -0.4 is 0 Å². The largest absolute Gasteiger partial charge is 0.380 e. The Labute approximate surface area is 82.9 Å². The van der Waals surface area contributed by atoms with Crippen LogP contribution in [0.3, 0.4) is 0 Å². The Morgan fingerprint density at radius 3 is 2.08 bits per heavy atom. The molecule has 12 heavy (non-hydrogen) atoms. The second kappa shape index (κ2) is 7.32. The second-order valence-corrected chi connectivity index (χ2v) is 2.98. The molecule has 1 aromatic carbocycles. The van der Waals surface area contributed by atoms with E-state index in [0.717, 1.165) is 4.47 Å². The van der Waals surface area contributed by atoms with Crippen molar-refractivity contribution in [1.82, 2.24) is 0 Å². The summed E-state index contributed by atoms with van der Waals surface area (Å²) < 4.78 is 6.06. The minimum absolute atomic E-state index is 0.688. The number of hydrogen-bond donors (Lipinski definition) is 0. The fourth-order valence-electron chi connectivity index (χ4n) is 0.747. The van der Waals surface area contributed by atoms with E-state index >= 15 is 0 Å². The molecule has 2 heteroatoms. The maximum absolute atomic E-state index is 4.95. The minimum atomic E-state index is 0.688. The van der Waals surface area contributed by atoms with E-state index in [4.69, 9.17) is 4.74 Å². The number of benzene rings is 1. The first-order valence-electron chi connectivity index (χ1n) is 4.06. The molecule has 0 aliphatic rings. The van der Waals surface area contributed by atoms with Gasteiger partial charge >= 0.3 is 0 Å². The molecule has 1 aromatic rings. The molecule has 0 N–H and O–H groups in total. The Morgan fingerprint density at radius 1 is 1.17 bits per heavy atom. The first-order valence-corrected chi connectivity index (χ1v) is 4.85. The SMILES string of the molecule is CC.COCc1ccc(Br)cc1. The van der Waals surface area contributed by atoms with Gasteiger partial charge in [0.1, 0.15) is 0 Å². The molecular formula is C10H15BrO. The molecule has 0 saturated carbocycles. The van der Waals surface area contributed by atoms with Gasteiger partial charge in [-0.2, -0.15) is 0 Å². The highest BCUT2D eigenvalue weighted by atomic mass is 79.9. The third kappa shape index (κ3) is 4.52. The van der Waals surface area contributed by atoms with Gasteiger partial charge in [-0.15, -0.1) is 0 Å². The van der Waals surface area contributed by atoms with Crippen LogP contribution in [-0.4, -0.2) is 7.11 Å². The van der Waals surface area contributed by atoms with Crippen LogP contribution in [0.15, 0.2) is 28.7 Å². The maximum Gasteiger partial charge on any atom is 0.0713 e. The summed E-state index contributed by atoms with van der Waals surface area (Å²) in [5.74, 6) is 0. The molecule has 0 fully saturated rings. The van der Waals surface area contributed by atoms with Crippen molar-refractivity contribution in [3.05, 3.63) is 34.3 Å². The van der Waals surface area contributed by atoms with Gasteiger partial charge < -0.3 is 4.74 Å². The summed E-state index contributed by atoms with van der Waals surface area (Å²) in [4.78, 5) is 0. The van der Waals surface area contributed by atoms with Gasteiger partial charge in [0, 0.05) is 11.6 Å². The summed E-state index contributed by atoms with van der Waals surface area (Å²) in [5, 5.41) is 0. The smallest absolute Gasteiger partial charge is 0.0713 e. The van der Waals surface area contributed by atoms with Crippen molar-refractivity contribution in [2.24, 2.45) is 0 Å². The minimum Gasteiger partial charge on any atom is -0.380 e. The zero-order valence-electron chi connectivity index (χ0n) is 7.80. The number of methoxy groups -OCH3 is 1. The van der Waals surface area contributed by atoms with Crippen molar-refractivity contribution in [3.8, 4) is 0 Å². The van der Waals surface area contributed by atoms with Gasteiger partial charge in [0.2, 0.25) is 0 Å². The third-order valence-electron chi connectivity index (χ3n) is 1.22. The quantitative estimate of drug-likeness (QED) is 0.755. The van der Waals surface area contributed by atoms with Gasteiger partial charge in [0.25, 0.3) is 0 Å². The second-order valence-electron chi connectivity index (χ2n) is 2.06. The molecule has 68 valence electrons. The van der Waals surface area contributed by atoms with Crippen molar-refractivity contribution in [2.45, 2.75) is 20.5 Å². The van der Waals surface area contributed by atoms with Crippen molar-refractivity contribution >= 4 is 15.9 Å². The van der Waals surface area contributed by atoms with Crippen LogP contribution in [0.5, 0.6) is 0 Å². The van der Waals surface area contributed by atoms with E-state index < -0.39 is 0 Å². The van der Waals surface area contributed by atoms with Crippen molar-refractivity contribution in [1.29, 1.82) is 0 Å². The van der Waals surface area contributed by atoms with Crippen LogP contribution in [0.1, 0.15) is 19.4 Å². The van der Waals surface area contributed by atoms with E-state index in [0.29, 0.717) is 6.61 Å². The standard InChI is InChI=1S/C8H9BrO.C2H6/c1-10-6-7-2-4-8(9)5-3-7;1-2/h2-5H,6H2,1H3;1-2H3. The fraction of sp³-hybridized carbons (Fsp3) is 0.400. The predicted octanol–water partition coefficient (Wildman–Crippen LogP) is 3.62. The van der Waals surface area contributed by atoms with E-state index in [1.165, 1.54) is 5.56 Å². The van der Waals surface area contributed by atoms with Gasteiger partial charge in [-0.1, -0.05) is 41.9 Å². The Hall–Kier alpha value is -0.340.